The van der Waals surface area contributed by atoms with Gasteiger partial charge < -0.3 is 14.4 Å². The Morgan fingerprint density at radius 1 is 1.35 bits per heavy atom. The summed E-state index contributed by atoms with van der Waals surface area (Å²) in [7, 11) is 0. The van der Waals surface area contributed by atoms with Crippen LogP contribution in [-0.4, -0.2) is 35.0 Å². The molecule has 3 rings (SSSR count). The van der Waals surface area contributed by atoms with Crippen LogP contribution in [0.3, 0.4) is 0 Å². The van der Waals surface area contributed by atoms with Crippen molar-refractivity contribution < 1.29 is 19.1 Å². The third-order valence-electron chi connectivity index (χ3n) is 3.51. The molecular weight excluding hydrogens is 282 g/mol. The molecule has 104 valence electrons. The van der Waals surface area contributed by atoms with Gasteiger partial charge in [0.15, 0.2) is 5.76 Å². The van der Waals surface area contributed by atoms with Crippen LogP contribution in [0.25, 0.3) is 11.0 Å². The van der Waals surface area contributed by atoms with E-state index in [0.29, 0.717) is 23.6 Å². The molecule has 1 saturated heterocycles. The number of aliphatic carboxylic acids is 1. The lowest BCUT2D eigenvalue weighted by Gasteiger charge is -2.13. The molecule has 1 aromatic carbocycles. The van der Waals surface area contributed by atoms with Crippen molar-refractivity contribution in [2.75, 3.05) is 13.1 Å². The quantitative estimate of drug-likeness (QED) is 0.924. The van der Waals surface area contributed by atoms with Gasteiger partial charge in [0, 0.05) is 23.5 Å². The average molecular weight is 294 g/mol. The predicted molar refractivity (Wildman–Crippen MR) is 72.9 cm³/mol. The Hall–Kier alpha value is -2.01. The van der Waals surface area contributed by atoms with Crippen LogP contribution in [0.4, 0.5) is 0 Å². The third kappa shape index (κ3) is 2.25. The Labute approximate surface area is 119 Å². The standard InChI is InChI=1S/C14H12ClNO4/c15-10-1-2-11-9(5-10)6-12(20-11)13(17)16-4-3-8(7-16)14(18)19/h1-2,5-6,8H,3-4,7H2,(H,18,19)/t8-/m1/s1. The van der Waals surface area contributed by atoms with Crippen LogP contribution in [0.1, 0.15) is 17.0 Å². The average Bonchev–Trinajstić information content (AvgIpc) is 3.03. The third-order valence-corrected chi connectivity index (χ3v) is 3.75. The number of nitrogens with zero attached hydrogens (tertiary/aromatic N) is 1. The molecule has 20 heavy (non-hydrogen) atoms. The van der Waals surface area contributed by atoms with Crippen LogP contribution in [0, 0.1) is 5.92 Å². The fourth-order valence-corrected chi connectivity index (χ4v) is 2.60. The number of furan rings is 1. The predicted octanol–water partition coefficient (Wildman–Crippen LogP) is 2.63. The summed E-state index contributed by atoms with van der Waals surface area (Å²) in [5.74, 6) is -1.41. The van der Waals surface area contributed by atoms with E-state index in [1.807, 2.05) is 0 Å². The summed E-state index contributed by atoms with van der Waals surface area (Å²) in [6.45, 7) is 0.666. The molecule has 1 atom stereocenters. The van der Waals surface area contributed by atoms with E-state index in [-0.39, 0.29) is 18.2 Å². The number of amides is 1. The van der Waals surface area contributed by atoms with E-state index < -0.39 is 11.9 Å². The van der Waals surface area contributed by atoms with Crippen molar-refractivity contribution in [2.24, 2.45) is 5.92 Å². The number of hydrogen-bond donors (Lipinski definition) is 1. The molecule has 0 saturated carbocycles. The molecule has 2 heterocycles. The molecule has 5 nitrogen and oxygen atoms in total. The number of likely N-dealkylation sites (tertiary alicyclic amines) is 1. The first kappa shape index (κ1) is 13.0. The first-order chi connectivity index (χ1) is 9.54. The van der Waals surface area contributed by atoms with Crippen LogP contribution in [0.2, 0.25) is 5.02 Å². The number of carbonyl (C=O) groups excluding carboxylic acids is 1. The summed E-state index contributed by atoms with van der Waals surface area (Å²) in [5, 5.41) is 10.3. The largest absolute Gasteiger partial charge is 0.481 e. The Morgan fingerprint density at radius 3 is 2.85 bits per heavy atom. The minimum Gasteiger partial charge on any atom is -0.481 e. The molecule has 0 radical (unpaired) electrons. The normalized spacial score (nSPS) is 18.6. The van der Waals surface area contributed by atoms with Gasteiger partial charge >= 0.3 is 5.97 Å². The van der Waals surface area contributed by atoms with Gasteiger partial charge in [0.05, 0.1) is 5.92 Å². The van der Waals surface area contributed by atoms with Crippen molar-refractivity contribution in [2.45, 2.75) is 6.42 Å². The van der Waals surface area contributed by atoms with E-state index in [0.717, 1.165) is 5.39 Å². The number of benzene rings is 1. The van der Waals surface area contributed by atoms with Gasteiger partial charge in [-0.3, -0.25) is 9.59 Å². The van der Waals surface area contributed by atoms with Crippen molar-refractivity contribution in [3.8, 4) is 0 Å². The van der Waals surface area contributed by atoms with Crippen LogP contribution in [-0.2, 0) is 4.79 Å². The molecule has 0 unspecified atom stereocenters. The van der Waals surface area contributed by atoms with Gasteiger partial charge in [0.2, 0.25) is 0 Å². The van der Waals surface area contributed by atoms with Gasteiger partial charge in [0.1, 0.15) is 5.58 Å². The summed E-state index contributed by atoms with van der Waals surface area (Å²) in [6, 6.07) is 6.76. The van der Waals surface area contributed by atoms with Gasteiger partial charge in [0.25, 0.3) is 5.91 Å². The van der Waals surface area contributed by atoms with Crippen molar-refractivity contribution in [3.63, 3.8) is 0 Å². The Kier molecular flexibility index (Phi) is 3.14. The molecule has 2 aromatic rings. The van der Waals surface area contributed by atoms with Crippen LogP contribution in [0.5, 0.6) is 0 Å². The van der Waals surface area contributed by atoms with Gasteiger partial charge in [-0.25, -0.2) is 0 Å². The second-order valence-corrected chi connectivity index (χ2v) is 5.30. The van der Waals surface area contributed by atoms with E-state index in [1.165, 1.54) is 4.90 Å². The van der Waals surface area contributed by atoms with E-state index in [9.17, 15) is 9.59 Å². The molecule has 1 fully saturated rings. The molecule has 6 heteroatoms. The molecule has 0 bridgehead atoms. The zero-order valence-electron chi connectivity index (χ0n) is 10.5. The van der Waals surface area contributed by atoms with Gasteiger partial charge in [-0.2, -0.15) is 0 Å². The highest BCUT2D eigenvalue weighted by Gasteiger charge is 2.32. The topological polar surface area (TPSA) is 70.8 Å². The number of hydrogen-bond acceptors (Lipinski definition) is 3. The molecule has 1 aromatic heterocycles. The molecule has 0 spiro atoms. The van der Waals surface area contributed by atoms with E-state index in [1.54, 1.807) is 24.3 Å². The highest BCUT2D eigenvalue weighted by molar-refractivity contribution is 6.31. The lowest BCUT2D eigenvalue weighted by atomic mass is 10.1. The van der Waals surface area contributed by atoms with Crippen LogP contribution >= 0.6 is 11.6 Å². The lowest BCUT2D eigenvalue weighted by molar-refractivity contribution is -0.141. The monoisotopic (exact) mass is 293 g/mol. The van der Waals surface area contributed by atoms with Crippen LogP contribution in [0.15, 0.2) is 28.7 Å². The van der Waals surface area contributed by atoms with Crippen molar-refractivity contribution in [1.29, 1.82) is 0 Å². The Balaban J connectivity index is 1.84. The molecule has 1 aliphatic heterocycles. The summed E-state index contributed by atoms with van der Waals surface area (Å²) in [6.07, 6.45) is 0.479. The van der Waals surface area contributed by atoms with Crippen molar-refractivity contribution >= 4 is 34.4 Å². The molecule has 1 amide bonds. The number of carboxylic acids is 1. The fraction of sp³-hybridized carbons (Fsp3) is 0.286. The SMILES string of the molecule is O=C(O)[C@@H]1CCN(C(=O)c2cc3cc(Cl)ccc3o2)C1. The highest BCUT2D eigenvalue weighted by atomic mass is 35.5. The van der Waals surface area contributed by atoms with Crippen molar-refractivity contribution in [3.05, 3.63) is 35.0 Å². The Morgan fingerprint density at radius 2 is 2.15 bits per heavy atom. The maximum Gasteiger partial charge on any atom is 0.308 e. The number of halogens is 1. The maximum absolute atomic E-state index is 12.3. The summed E-state index contributed by atoms with van der Waals surface area (Å²) in [4.78, 5) is 24.7. The zero-order valence-corrected chi connectivity index (χ0v) is 11.3. The van der Waals surface area contributed by atoms with E-state index >= 15 is 0 Å². The Bertz CT molecular complexity index is 694. The van der Waals surface area contributed by atoms with E-state index in [2.05, 4.69) is 0 Å². The summed E-state index contributed by atoms with van der Waals surface area (Å²) < 4.78 is 5.50. The van der Waals surface area contributed by atoms with Crippen molar-refractivity contribution in [1.82, 2.24) is 4.90 Å². The van der Waals surface area contributed by atoms with Crippen LogP contribution < -0.4 is 0 Å². The first-order valence-electron chi connectivity index (χ1n) is 6.26. The minimum atomic E-state index is -0.864. The van der Waals surface area contributed by atoms with Gasteiger partial charge in [-0.15, -0.1) is 0 Å². The summed E-state index contributed by atoms with van der Waals surface area (Å²) in [5.41, 5.74) is 0.590. The lowest BCUT2D eigenvalue weighted by Crippen LogP contribution is -2.29. The summed E-state index contributed by atoms with van der Waals surface area (Å²) >= 11 is 5.89. The smallest absolute Gasteiger partial charge is 0.308 e. The number of carbonyl (C=O) groups is 2. The minimum absolute atomic E-state index is 0.216. The van der Waals surface area contributed by atoms with E-state index in [4.69, 9.17) is 21.1 Å². The molecule has 1 aliphatic rings. The van der Waals surface area contributed by atoms with Gasteiger partial charge in [-0.05, 0) is 30.7 Å². The number of fused-ring (bicyclic) bond motifs is 1. The number of carboxylic acid groups (broad SMARTS) is 1. The molecule has 0 aliphatic carbocycles. The van der Waals surface area contributed by atoms with Gasteiger partial charge in [-0.1, -0.05) is 11.6 Å². The second kappa shape index (κ2) is 4.83. The second-order valence-electron chi connectivity index (χ2n) is 4.87. The molecule has 1 N–H and O–H groups in total. The fourth-order valence-electron chi connectivity index (χ4n) is 2.42. The zero-order chi connectivity index (χ0) is 14.3. The molecular formula is C14H12ClNO4. The maximum atomic E-state index is 12.3. The highest BCUT2D eigenvalue weighted by Crippen LogP contribution is 2.25. The number of rotatable bonds is 2. The first-order valence-corrected chi connectivity index (χ1v) is 6.63.